The minimum absolute atomic E-state index is 0.0444. The van der Waals surface area contributed by atoms with Gasteiger partial charge in [-0.05, 0) is 28.5 Å². The van der Waals surface area contributed by atoms with Crippen molar-refractivity contribution in [3.8, 4) is 0 Å². The van der Waals surface area contributed by atoms with E-state index in [9.17, 15) is 4.79 Å². The molecule has 0 unspecified atom stereocenters. The third-order valence-corrected chi connectivity index (χ3v) is 3.88. The SMILES string of the molecule is CC(C)c1cc(C(C)(C)C)cc2c1n(C)c(=O)n2C. The fourth-order valence-electron chi connectivity index (χ4n) is 2.56. The second-order valence-electron chi connectivity index (χ2n) is 6.74. The van der Waals surface area contributed by atoms with Gasteiger partial charge in [0.25, 0.3) is 0 Å². The summed E-state index contributed by atoms with van der Waals surface area (Å²) in [5, 5.41) is 0. The van der Waals surface area contributed by atoms with Crippen molar-refractivity contribution in [2.75, 3.05) is 0 Å². The van der Waals surface area contributed by atoms with E-state index in [1.54, 1.807) is 9.13 Å². The molecule has 0 saturated carbocycles. The zero-order valence-corrected chi connectivity index (χ0v) is 13.0. The minimum Gasteiger partial charge on any atom is -0.295 e. The van der Waals surface area contributed by atoms with Crippen molar-refractivity contribution in [3.05, 3.63) is 33.7 Å². The van der Waals surface area contributed by atoms with E-state index in [0.29, 0.717) is 5.92 Å². The Bertz CT molecular complexity index is 681. The van der Waals surface area contributed by atoms with Gasteiger partial charge in [-0.2, -0.15) is 0 Å². The molecule has 0 amide bonds. The number of rotatable bonds is 1. The molecule has 0 aliphatic heterocycles. The first-order valence-electron chi connectivity index (χ1n) is 6.84. The molecule has 0 bridgehead atoms. The molecule has 3 heteroatoms. The summed E-state index contributed by atoms with van der Waals surface area (Å²) in [5.74, 6) is 0.401. The molecule has 0 spiro atoms. The van der Waals surface area contributed by atoms with Crippen molar-refractivity contribution in [2.24, 2.45) is 14.1 Å². The number of hydrogen-bond donors (Lipinski definition) is 0. The second-order valence-corrected chi connectivity index (χ2v) is 6.74. The van der Waals surface area contributed by atoms with E-state index in [4.69, 9.17) is 0 Å². The molecule has 2 rings (SSSR count). The predicted octanol–water partition coefficient (Wildman–Crippen LogP) is 3.30. The molecule has 1 aromatic heterocycles. The molecule has 0 fully saturated rings. The van der Waals surface area contributed by atoms with Crippen LogP contribution < -0.4 is 5.69 Å². The largest absolute Gasteiger partial charge is 0.328 e. The van der Waals surface area contributed by atoms with E-state index in [1.807, 2.05) is 14.1 Å². The van der Waals surface area contributed by atoms with Gasteiger partial charge in [0.2, 0.25) is 0 Å². The highest BCUT2D eigenvalue weighted by atomic mass is 16.1. The van der Waals surface area contributed by atoms with E-state index >= 15 is 0 Å². The van der Waals surface area contributed by atoms with Crippen molar-refractivity contribution in [1.29, 1.82) is 0 Å². The highest BCUT2D eigenvalue weighted by Crippen LogP contribution is 2.31. The van der Waals surface area contributed by atoms with Gasteiger partial charge in [0.15, 0.2) is 0 Å². The van der Waals surface area contributed by atoms with Crippen LogP contribution in [0.15, 0.2) is 16.9 Å². The smallest absolute Gasteiger partial charge is 0.295 e. The van der Waals surface area contributed by atoms with E-state index in [2.05, 4.69) is 46.8 Å². The molecule has 0 aliphatic carbocycles. The molecule has 0 aliphatic rings. The number of hydrogen-bond acceptors (Lipinski definition) is 1. The first-order valence-corrected chi connectivity index (χ1v) is 6.84. The Kier molecular flexibility index (Phi) is 3.12. The Labute approximate surface area is 114 Å². The summed E-state index contributed by atoms with van der Waals surface area (Å²) in [6, 6.07) is 4.41. The van der Waals surface area contributed by atoms with E-state index in [-0.39, 0.29) is 11.1 Å². The van der Waals surface area contributed by atoms with E-state index < -0.39 is 0 Å². The molecule has 0 saturated heterocycles. The van der Waals surface area contributed by atoms with Crippen LogP contribution in [0.25, 0.3) is 11.0 Å². The highest BCUT2D eigenvalue weighted by molar-refractivity contribution is 5.81. The zero-order valence-electron chi connectivity index (χ0n) is 13.0. The van der Waals surface area contributed by atoms with Crippen molar-refractivity contribution in [2.45, 2.75) is 46.0 Å². The zero-order chi connectivity index (χ0) is 14.5. The van der Waals surface area contributed by atoms with Crippen molar-refractivity contribution < 1.29 is 0 Å². The molecule has 0 atom stereocenters. The van der Waals surface area contributed by atoms with Crippen LogP contribution in [0.4, 0.5) is 0 Å². The van der Waals surface area contributed by atoms with Crippen LogP contribution in [0, 0.1) is 0 Å². The Morgan fingerprint density at radius 2 is 1.63 bits per heavy atom. The fourth-order valence-corrected chi connectivity index (χ4v) is 2.56. The van der Waals surface area contributed by atoms with Gasteiger partial charge in [0.05, 0.1) is 11.0 Å². The van der Waals surface area contributed by atoms with Crippen LogP contribution >= 0.6 is 0 Å². The van der Waals surface area contributed by atoms with Gasteiger partial charge >= 0.3 is 5.69 Å². The first-order chi connectivity index (χ1) is 8.64. The maximum atomic E-state index is 12.1. The van der Waals surface area contributed by atoms with Gasteiger partial charge in [-0.3, -0.25) is 9.13 Å². The average Bonchev–Trinajstić information content (AvgIpc) is 2.52. The van der Waals surface area contributed by atoms with Crippen molar-refractivity contribution >= 4 is 11.0 Å². The van der Waals surface area contributed by atoms with E-state index in [0.717, 1.165) is 11.0 Å². The van der Waals surface area contributed by atoms with Gasteiger partial charge in [0.1, 0.15) is 0 Å². The maximum Gasteiger partial charge on any atom is 0.328 e. The third kappa shape index (κ3) is 2.11. The number of nitrogens with zero attached hydrogens (tertiary/aromatic N) is 2. The highest BCUT2D eigenvalue weighted by Gasteiger charge is 2.20. The van der Waals surface area contributed by atoms with Gasteiger partial charge in [-0.25, -0.2) is 4.79 Å². The Morgan fingerprint density at radius 1 is 1.05 bits per heavy atom. The summed E-state index contributed by atoms with van der Waals surface area (Å²) in [6.07, 6.45) is 0. The summed E-state index contributed by atoms with van der Waals surface area (Å²) in [6.45, 7) is 11.0. The minimum atomic E-state index is 0.0444. The number of benzene rings is 1. The van der Waals surface area contributed by atoms with Crippen LogP contribution in [0.3, 0.4) is 0 Å². The first kappa shape index (κ1) is 13.9. The normalized spacial score (nSPS) is 12.6. The molecule has 2 aromatic rings. The lowest BCUT2D eigenvalue weighted by Crippen LogP contribution is -2.19. The fraction of sp³-hybridized carbons (Fsp3) is 0.562. The van der Waals surface area contributed by atoms with Crippen LogP contribution in [0.1, 0.15) is 51.7 Å². The van der Waals surface area contributed by atoms with Crippen LogP contribution in [0.2, 0.25) is 0 Å². The summed E-state index contributed by atoms with van der Waals surface area (Å²) in [7, 11) is 3.70. The standard InChI is InChI=1S/C16H24N2O/c1-10(2)12-8-11(16(3,4)5)9-13-14(12)18(7)15(19)17(13)6/h8-10H,1-7H3. The lowest BCUT2D eigenvalue weighted by atomic mass is 9.84. The molecule has 0 N–H and O–H groups in total. The lowest BCUT2D eigenvalue weighted by molar-refractivity contribution is 0.589. The van der Waals surface area contributed by atoms with Crippen molar-refractivity contribution in [3.63, 3.8) is 0 Å². The topological polar surface area (TPSA) is 26.9 Å². The van der Waals surface area contributed by atoms with Crippen molar-refractivity contribution in [1.82, 2.24) is 9.13 Å². The molecular formula is C16H24N2O. The summed E-state index contributed by atoms with van der Waals surface area (Å²) in [4.78, 5) is 12.1. The van der Waals surface area contributed by atoms with Gasteiger partial charge in [-0.1, -0.05) is 40.7 Å². The molecule has 104 valence electrons. The summed E-state index contributed by atoms with van der Waals surface area (Å²) >= 11 is 0. The number of imidazole rings is 1. The molecule has 1 aromatic carbocycles. The van der Waals surface area contributed by atoms with E-state index in [1.165, 1.54) is 11.1 Å². The van der Waals surface area contributed by atoms with Gasteiger partial charge < -0.3 is 0 Å². The maximum absolute atomic E-state index is 12.1. The quantitative estimate of drug-likeness (QED) is 0.773. The Balaban J connectivity index is 2.97. The summed E-state index contributed by atoms with van der Waals surface area (Å²) < 4.78 is 3.51. The van der Waals surface area contributed by atoms with Crippen LogP contribution in [-0.4, -0.2) is 9.13 Å². The van der Waals surface area contributed by atoms with Crippen LogP contribution in [-0.2, 0) is 19.5 Å². The second kappa shape index (κ2) is 4.26. The number of fused-ring (bicyclic) bond motifs is 1. The van der Waals surface area contributed by atoms with Crippen LogP contribution in [0.5, 0.6) is 0 Å². The molecule has 19 heavy (non-hydrogen) atoms. The Morgan fingerprint density at radius 3 is 2.11 bits per heavy atom. The number of aromatic nitrogens is 2. The molecule has 3 nitrogen and oxygen atoms in total. The number of aryl methyl sites for hydroxylation is 2. The van der Waals surface area contributed by atoms with Gasteiger partial charge in [0, 0.05) is 14.1 Å². The predicted molar refractivity (Wildman–Crippen MR) is 80.9 cm³/mol. The summed E-state index contributed by atoms with van der Waals surface area (Å²) in [5.41, 5.74) is 4.76. The Hall–Kier alpha value is -1.51. The van der Waals surface area contributed by atoms with Gasteiger partial charge in [-0.15, -0.1) is 0 Å². The average molecular weight is 260 g/mol. The lowest BCUT2D eigenvalue weighted by Gasteiger charge is -2.22. The monoisotopic (exact) mass is 260 g/mol. The molecule has 0 radical (unpaired) electrons. The molecule has 1 heterocycles. The molecular weight excluding hydrogens is 236 g/mol. The third-order valence-electron chi connectivity index (χ3n) is 3.88.